The molecule has 3 aromatic carbocycles. The fraction of sp³-hybridized carbons (Fsp3) is 0.292. The van der Waals surface area contributed by atoms with E-state index in [0.717, 1.165) is 34.2 Å². The van der Waals surface area contributed by atoms with Crippen LogP contribution < -0.4 is 10.1 Å². The molecule has 1 aliphatic rings. The molecule has 32 heavy (non-hydrogen) atoms. The first-order valence-corrected chi connectivity index (χ1v) is 11.9. The molecule has 4 rings (SSSR count). The third-order valence-electron chi connectivity index (χ3n) is 5.85. The number of carbonyl (C=O) groups excluding carboxylic acids is 1. The van der Waals surface area contributed by atoms with Crippen LogP contribution in [0.4, 0.5) is 4.39 Å². The molecular weight excluding hydrogens is 431 g/mol. The topological polar surface area (TPSA) is 75.7 Å². The summed E-state index contributed by atoms with van der Waals surface area (Å²) < 4.78 is 45.2. The lowest BCUT2D eigenvalue weighted by Crippen LogP contribution is -2.42. The number of carbonyl (C=O) groups is 1. The number of hydrogen-bond acceptors (Lipinski definition) is 4. The molecule has 0 atom stereocenters. The first-order valence-electron chi connectivity index (χ1n) is 10.5. The van der Waals surface area contributed by atoms with E-state index in [2.05, 4.69) is 5.32 Å². The predicted molar refractivity (Wildman–Crippen MR) is 120 cm³/mol. The SMILES string of the molecule is COc1ccc2cc(CNC(=O)C3CCN(S(=O)(=O)c4ccc(F)cc4)CC3)ccc2c1. The summed E-state index contributed by atoms with van der Waals surface area (Å²) in [7, 11) is -2.05. The van der Waals surface area contributed by atoms with E-state index in [9.17, 15) is 17.6 Å². The monoisotopic (exact) mass is 456 g/mol. The Hall–Kier alpha value is -2.97. The van der Waals surface area contributed by atoms with Gasteiger partial charge in [0.1, 0.15) is 11.6 Å². The molecule has 0 aliphatic carbocycles. The van der Waals surface area contributed by atoms with Crippen LogP contribution >= 0.6 is 0 Å². The fourth-order valence-electron chi connectivity index (χ4n) is 3.96. The summed E-state index contributed by atoms with van der Waals surface area (Å²) in [6.07, 6.45) is 0.896. The fourth-order valence-corrected chi connectivity index (χ4v) is 5.43. The van der Waals surface area contributed by atoms with Gasteiger partial charge in [-0.1, -0.05) is 18.2 Å². The summed E-state index contributed by atoms with van der Waals surface area (Å²) in [5.74, 6) is 0.00912. The molecule has 0 aromatic heterocycles. The molecule has 1 amide bonds. The number of hydrogen-bond donors (Lipinski definition) is 1. The molecule has 8 heteroatoms. The van der Waals surface area contributed by atoms with Crippen LogP contribution in [0.15, 0.2) is 65.6 Å². The van der Waals surface area contributed by atoms with E-state index in [-0.39, 0.29) is 29.8 Å². The average Bonchev–Trinajstić information content (AvgIpc) is 2.82. The third-order valence-corrected chi connectivity index (χ3v) is 7.77. The number of nitrogens with zero attached hydrogens (tertiary/aromatic N) is 1. The van der Waals surface area contributed by atoms with Crippen LogP contribution in [-0.4, -0.2) is 38.8 Å². The molecule has 1 N–H and O–H groups in total. The van der Waals surface area contributed by atoms with E-state index >= 15 is 0 Å². The van der Waals surface area contributed by atoms with Gasteiger partial charge in [0.05, 0.1) is 12.0 Å². The zero-order valence-corrected chi connectivity index (χ0v) is 18.6. The Kier molecular flexibility index (Phi) is 6.43. The number of amides is 1. The van der Waals surface area contributed by atoms with Crippen molar-refractivity contribution in [2.75, 3.05) is 20.2 Å². The van der Waals surface area contributed by atoms with Crippen molar-refractivity contribution in [1.29, 1.82) is 0 Å². The van der Waals surface area contributed by atoms with Crippen LogP contribution in [-0.2, 0) is 21.4 Å². The average molecular weight is 457 g/mol. The molecule has 1 aliphatic heterocycles. The maximum absolute atomic E-state index is 13.1. The Morgan fingerprint density at radius 2 is 1.69 bits per heavy atom. The molecule has 0 unspecified atom stereocenters. The van der Waals surface area contributed by atoms with Gasteiger partial charge < -0.3 is 10.1 Å². The molecular formula is C24H25FN2O4S. The Morgan fingerprint density at radius 1 is 1.03 bits per heavy atom. The van der Waals surface area contributed by atoms with Crippen molar-refractivity contribution >= 4 is 26.7 Å². The van der Waals surface area contributed by atoms with Crippen molar-refractivity contribution in [2.24, 2.45) is 5.92 Å². The van der Waals surface area contributed by atoms with Gasteiger partial charge in [-0.25, -0.2) is 12.8 Å². The van der Waals surface area contributed by atoms with Gasteiger partial charge in [0.2, 0.25) is 15.9 Å². The van der Waals surface area contributed by atoms with Gasteiger partial charge in [-0.05, 0) is 71.6 Å². The second-order valence-electron chi connectivity index (χ2n) is 7.90. The molecule has 1 heterocycles. The van der Waals surface area contributed by atoms with E-state index < -0.39 is 15.8 Å². The number of piperidine rings is 1. The van der Waals surface area contributed by atoms with E-state index in [1.54, 1.807) is 7.11 Å². The highest BCUT2D eigenvalue weighted by atomic mass is 32.2. The highest BCUT2D eigenvalue weighted by molar-refractivity contribution is 7.89. The van der Waals surface area contributed by atoms with Crippen molar-refractivity contribution in [3.05, 3.63) is 72.0 Å². The molecule has 0 spiro atoms. The van der Waals surface area contributed by atoms with Crippen LogP contribution in [0.1, 0.15) is 18.4 Å². The predicted octanol–water partition coefficient (Wildman–Crippen LogP) is 3.70. The molecule has 1 saturated heterocycles. The Balaban J connectivity index is 1.33. The summed E-state index contributed by atoms with van der Waals surface area (Å²) in [6, 6.07) is 16.7. The zero-order valence-electron chi connectivity index (χ0n) is 17.8. The molecule has 6 nitrogen and oxygen atoms in total. The summed E-state index contributed by atoms with van der Waals surface area (Å²) >= 11 is 0. The smallest absolute Gasteiger partial charge is 0.243 e. The first kappa shape index (κ1) is 22.2. The molecule has 168 valence electrons. The lowest BCUT2D eigenvalue weighted by atomic mass is 9.97. The van der Waals surface area contributed by atoms with E-state index in [0.29, 0.717) is 19.4 Å². The van der Waals surface area contributed by atoms with Gasteiger partial charge in [0, 0.05) is 25.6 Å². The van der Waals surface area contributed by atoms with Gasteiger partial charge in [-0.2, -0.15) is 4.31 Å². The number of benzene rings is 3. The van der Waals surface area contributed by atoms with Crippen molar-refractivity contribution in [3.63, 3.8) is 0 Å². The lowest BCUT2D eigenvalue weighted by Gasteiger charge is -2.30. The van der Waals surface area contributed by atoms with E-state index in [1.165, 1.54) is 16.4 Å². The number of rotatable bonds is 6. The van der Waals surface area contributed by atoms with Gasteiger partial charge in [0.25, 0.3) is 0 Å². The van der Waals surface area contributed by atoms with Crippen LogP contribution in [0.3, 0.4) is 0 Å². The lowest BCUT2D eigenvalue weighted by molar-refractivity contribution is -0.126. The largest absolute Gasteiger partial charge is 0.497 e. The minimum absolute atomic E-state index is 0.0655. The van der Waals surface area contributed by atoms with Crippen LogP contribution in [0.5, 0.6) is 5.75 Å². The number of methoxy groups -OCH3 is 1. The number of ether oxygens (including phenoxy) is 1. The number of sulfonamides is 1. The summed E-state index contributed by atoms with van der Waals surface area (Å²) in [6.45, 7) is 0.931. The minimum atomic E-state index is -3.68. The number of nitrogens with one attached hydrogen (secondary N) is 1. The van der Waals surface area contributed by atoms with Gasteiger partial charge in [0.15, 0.2) is 0 Å². The number of halogens is 1. The molecule has 0 saturated carbocycles. The van der Waals surface area contributed by atoms with Gasteiger partial charge in [-0.3, -0.25) is 4.79 Å². The quantitative estimate of drug-likeness (QED) is 0.614. The van der Waals surface area contributed by atoms with Gasteiger partial charge >= 0.3 is 0 Å². The Labute approximate surface area is 187 Å². The van der Waals surface area contributed by atoms with Crippen LogP contribution in [0.2, 0.25) is 0 Å². The Bertz CT molecular complexity index is 1220. The van der Waals surface area contributed by atoms with Crippen molar-refractivity contribution < 1.29 is 22.3 Å². The second kappa shape index (κ2) is 9.26. The maximum Gasteiger partial charge on any atom is 0.243 e. The van der Waals surface area contributed by atoms with E-state index in [4.69, 9.17) is 4.74 Å². The normalized spacial score (nSPS) is 15.6. The zero-order chi connectivity index (χ0) is 22.7. The molecule has 0 radical (unpaired) electrons. The second-order valence-corrected chi connectivity index (χ2v) is 9.84. The van der Waals surface area contributed by atoms with Crippen molar-refractivity contribution in [2.45, 2.75) is 24.3 Å². The molecule has 0 bridgehead atoms. The molecule has 1 fully saturated rings. The summed E-state index contributed by atoms with van der Waals surface area (Å²) in [5, 5.41) is 5.10. The third kappa shape index (κ3) is 4.76. The molecule has 3 aromatic rings. The van der Waals surface area contributed by atoms with Crippen LogP contribution in [0.25, 0.3) is 10.8 Å². The Morgan fingerprint density at radius 3 is 2.38 bits per heavy atom. The van der Waals surface area contributed by atoms with Crippen molar-refractivity contribution in [1.82, 2.24) is 9.62 Å². The van der Waals surface area contributed by atoms with Crippen LogP contribution in [0, 0.1) is 11.7 Å². The standard InChI is InChI=1S/C24H25FN2O4S/c1-31-22-7-4-19-14-17(2-3-20(19)15-22)16-26-24(28)18-10-12-27(13-11-18)32(29,30)23-8-5-21(25)6-9-23/h2-9,14-15,18H,10-13,16H2,1H3,(H,26,28). The highest BCUT2D eigenvalue weighted by Crippen LogP contribution is 2.25. The van der Waals surface area contributed by atoms with Crippen molar-refractivity contribution in [3.8, 4) is 5.75 Å². The first-order chi connectivity index (χ1) is 15.4. The highest BCUT2D eigenvalue weighted by Gasteiger charge is 2.32. The summed E-state index contributed by atoms with van der Waals surface area (Å²) in [4.78, 5) is 12.7. The van der Waals surface area contributed by atoms with E-state index in [1.807, 2.05) is 36.4 Å². The maximum atomic E-state index is 13.1. The summed E-state index contributed by atoms with van der Waals surface area (Å²) in [5.41, 5.74) is 0.993. The van der Waals surface area contributed by atoms with Gasteiger partial charge in [-0.15, -0.1) is 0 Å². The number of fused-ring (bicyclic) bond motifs is 1. The minimum Gasteiger partial charge on any atom is -0.497 e.